The van der Waals surface area contributed by atoms with Gasteiger partial charge in [0.25, 0.3) is 0 Å². The molecular formula is C54H30N4S. The smallest absolute Gasteiger partial charge is 0.161 e. The van der Waals surface area contributed by atoms with Gasteiger partial charge in [-0.05, 0) is 47.2 Å². The molecule has 0 saturated heterocycles. The van der Waals surface area contributed by atoms with E-state index in [9.17, 15) is 0 Å². The normalized spacial score (nSPS) is 12.4. The van der Waals surface area contributed by atoms with Crippen molar-refractivity contribution in [1.82, 2.24) is 18.9 Å². The van der Waals surface area contributed by atoms with Crippen molar-refractivity contribution in [1.29, 1.82) is 0 Å². The first-order chi connectivity index (χ1) is 29.3. The molecule has 59 heavy (non-hydrogen) atoms. The van der Waals surface area contributed by atoms with Gasteiger partial charge in [-0.1, -0.05) is 146 Å². The van der Waals surface area contributed by atoms with Crippen molar-refractivity contribution in [2.24, 2.45) is 0 Å². The molecule has 9 aromatic carbocycles. The Labute approximate surface area is 340 Å². The van der Waals surface area contributed by atoms with E-state index in [4.69, 9.17) is 9.97 Å². The van der Waals surface area contributed by atoms with Gasteiger partial charge >= 0.3 is 0 Å². The number of aromatic nitrogens is 4. The summed E-state index contributed by atoms with van der Waals surface area (Å²) in [5, 5.41) is 13.6. The number of hydrogen-bond donors (Lipinski definition) is 0. The van der Waals surface area contributed by atoms with Gasteiger partial charge in [0.2, 0.25) is 0 Å². The van der Waals surface area contributed by atoms with Gasteiger partial charge < -0.3 is 8.97 Å². The van der Waals surface area contributed by atoms with E-state index in [0.717, 1.165) is 54.7 Å². The lowest BCUT2D eigenvalue weighted by Gasteiger charge is -2.16. The van der Waals surface area contributed by atoms with Crippen molar-refractivity contribution in [2.45, 2.75) is 0 Å². The van der Waals surface area contributed by atoms with Crippen LogP contribution in [0.3, 0.4) is 0 Å². The molecule has 0 spiro atoms. The third-order valence-corrected chi connectivity index (χ3v) is 13.8. The van der Waals surface area contributed by atoms with E-state index in [-0.39, 0.29) is 0 Å². The van der Waals surface area contributed by atoms with Gasteiger partial charge in [0.05, 0.1) is 49.2 Å². The van der Waals surface area contributed by atoms with Gasteiger partial charge in [0, 0.05) is 64.3 Å². The lowest BCUT2D eigenvalue weighted by molar-refractivity contribution is 1.20. The highest BCUT2D eigenvalue weighted by molar-refractivity contribution is 7.26. The molecule has 0 saturated carbocycles. The summed E-state index contributed by atoms with van der Waals surface area (Å²) in [6.07, 6.45) is 0. The van der Waals surface area contributed by atoms with E-state index in [0.29, 0.717) is 0 Å². The van der Waals surface area contributed by atoms with E-state index in [2.05, 4.69) is 191 Å². The summed E-state index contributed by atoms with van der Waals surface area (Å²) in [6, 6.07) is 66.2. The summed E-state index contributed by atoms with van der Waals surface area (Å²) in [5.41, 5.74) is 11.4. The highest BCUT2D eigenvalue weighted by Gasteiger charge is 2.25. The summed E-state index contributed by atoms with van der Waals surface area (Å²) < 4.78 is 7.34. The standard InChI is InChI=1S/C54H30N4S/c1-2-14-32(15-3-1)49-53-50(39-20-9-11-24-46(39)59-53)56-54(55-49)38-27-28-43(35-18-7-6-17-34(35)38)58-45-30-29-44-47(48(45)41-26-25-31-13-4-5-16-33(31)51(41)58)40-22-12-21-37-36-19-8-10-23-42(36)57(44)52(37)40/h1-30H. The first-order valence-corrected chi connectivity index (χ1v) is 20.9. The quantitative estimate of drug-likeness (QED) is 0.179. The summed E-state index contributed by atoms with van der Waals surface area (Å²) in [4.78, 5) is 10.8. The van der Waals surface area contributed by atoms with Gasteiger partial charge in [-0.25, -0.2) is 9.97 Å². The number of fused-ring (bicyclic) bond motifs is 16. The lowest BCUT2D eigenvalue weighted by atomic mass is 10.0. The molecule has 0 fully saturated rings. The Hall–Kier alpha value is -7.60. The molecule has 272 valence electrons. The van der Waals surface area contributed by atoms with Crippen LogP contribution in [-0.2, 0) is 0 Å². The zero-order valence-corrected chi connectivity index (χ0v) is 32.3. The number of thiophene rings is 1. The van der Waals surface area contributed by atoms with Crippen LogP contribution >= 0.6 is 11.3 Å². The van der Waals surface area contributed by atoms with Gasteiger partial charge in [-0.2, -0.15) is 0 Å². The molecule has 0 N–H and O–H groups in total. The predicted octanol–water partition coefficient (Wildman–Crippen LogP) is 14.7. The fourth-order valence-corrected chi connectivity index (χ4v) is 11.4. The van der Waals surface area contributed by atoms with E-state index >= 15 is 0 Å². The highest BCUT2D eigenvalue weighted by Crippen LogP contribution is 2.47. The number of benzene rings is 9. The van der Waals surface area contributed by atoms with Crippen molar-refractivity contribution < 1.29 is 0 Å². The van der Waals surface area contributed by atoms with Gasteiger partial charge in [-0.3, -0.25) is 0 Å². The number of hydrogen-bond acceptors (Lipinski definition) is 3. The van der Waals surface area contributed by atoms with Crippen LogP contribution in [0, 0.1) is 0 Å². The van der Waals surface area contributed by atoms with E-state index < -0.39 is 0 Å². The molecule has 5 heterocycles. The molecule has 0 unspecified atom stereocenters. The van der Waals surface area contributed by atoms with E-state index in [1.54, 1.807) is 11.3 Å². The van der Waals surface area contributed by atoms with Crippen LogP contribution in [0.15, 0.2) is 182 Å². The van der Waals surface area contributed by atoms with Crippen LogP contribution in [0.1, 0.15) is 0 Å². The lowest BCUT2D eigenvalue weighted by Crippen LogP contribution is -1.99. The Morgan fingerprint density at radius 2 is 1.08 bits per heavy atom. The minimum atomic E-state index is 0.732. The van der Waals surface area contributed by atoms with Gasteiger partial charge in [0.15, 0.2) is 5.82 Å². The maximum atomic E-state index is 5.40. The molecule has 0 aliphatic heterocycles. The molecule has 0 aliphatic carbocycles. The molecule has 0 radical (unpaired) electrons. The maximum Gasteiger partial charge on any atom is 0.161 e. The van der Waals surface area contributed by atoms with E-state index in [1.165, 1.54) is 75.4 Å². The second kappa shape index (κ2) is 11.5. The van der Waals surface area contributed by atoms with Crippen molar-refractivity contribution in [3.05, 3.63) is 182 Å². The second-order valence-corrected chi connectivity index (χ2v) is 16.7. The van der Waals surface area contributed by atoms with Gasteiger partial charge in [0.1, 0.15) is 0 Å². The number of rotatable bonds is 3. The monoisotopic (exact) mass is 766 g/mol. The average molecular weight is 767 g/mol. The molecule has 5 heteroatoms. The topological polar surface area (TPSA) is 35.1 Å². The van der Waals surface area contributed by atoms with Crippen LogP contribution in [-0.4, -0.2) is 18.9 Å². The van der Waals surface area contributed by atoms with Crippen molar-refractivity contribution in [2.75, 3.05) is 0 Å². The van der Waals surface area contributed by atoms with Crippen molar-refractivity contribution in [3.63, 3.8) is 0 Å². The molecular weight excluding hydrogens is 737 g/mol. The Bertz CT molecular complexity index is 4080. The largest absolute Gasteiger partial charge is 0.308 e. The molecule has 4 nitrogen and oxygen atoms in total. The molecule has 5 aromatic heterocycles. The van der Waals surface area contributed by atoms with Crippen molar-refractivity contribution >= 4 is 113 Å². The zero-order chi connectivity index (χ0) is 38.3. The van der Waals surface area contributed by atoms with Crippen LogP contribution < -0.4 is 0 Å². The molecule has 0 atom stereocenters. The third-order valence-electron chi connectivity index (χ3n) is 12.7. The summed E-state index contributed by atoms with van der Waals surface area (Å²) in [5.74, 6) is 0.732. The van der Waals surface area contributed by atoms with Crippen LogP contribution in [0.4, 0.5) is 0 Å². The Kier molecular flexibility index (Phi) is 6.14. The fraction of sp³-hybridized carbons (Fsp3) is 0. The molecule has 0 amide bonds. The maximum absolute atomic E-state index is 5.40. The molecule has 14 aromatic rings. The zero-order valence-electron chi connectivity index (χ0n) is 31.5. The Balaban J connectivity index is 1.10. The fourth-order valence-electron chi connectivity index (χ4n) is 10.2. The Morgan fingerprint density at radius 1 is 0.407 bits per heavy atom. The average Bonchev–Trinajstić information content (AvgIpc) is 4.04. The Morgan fingerprint density at radius 3 is 1.98 bits per heavy atom. The first kappa shape index (κ1) is 31.5. The van der Waals surface area contributed by atoms with Crippen molar-refractivity contribution in [3.8, 4) is 28.3 Å². The molecule has 0 aliphatic rings. The van der Waals surface area contributed by atoms with Gasteiger partial charge in [-0.15, -0.1) is 11.3 Å². The second-order valence-electron chi connectivity index (χ2n) is 15.6. The van der Waals surface area contributed by atoms with Crippen LogP contribution in [0.25, 0.3) is 130 Å². The predicted molar refractivity (Wildman–Crippen MR) is 250 cm³/mol. The highest BCUT2D eigenvalue weighted by atomic mass is 32.1. The third kappa shape index (κ3) is 4.11. The SMILES string of the molecule is c1ccc(-c2nc(-c3ccc(-n4c5ccc6c(c7cccc8c9ccccc9n6c87)c5c5ccc6ccccc6c54)c4ccccc34)nc3c2sc2ccccc23)cc1. The molecule has 14 rings (SSSR count). The minimum Gasteiger partial charge on any atom is -0.308 e. The number of nitrogens with zero attached hydrogens (tertiary/aromatic N) is 4. The molecule has 0 bridgehead atoms. The summed E-state index contributed by atoms with van der Waals surface area (Å²) >= 11 is 1.77. The number of para-hydroxylation sites is 2. The summed E-state index contributed by atoms with van der Waals surface area (Å²) in [6.45, 7) is 0. The first-order valence-electron chi connectivity index (χ1n) is 20.1. The van der Waals surface area contributed by atoms with Crippen LogP contribution in [0.5, 0.6) is 0 Å². The minimum absolute atomic E-state index is 0.732. The van der Waals surface area contributed by atoms with Crippen LogP contribution in [0.2, 0.25) is 0 Å². The van der Waals surface area contributed by atoms with E-state index in [1.807, 2.05) is 0 Å². The summed E-state index contributed by atoms with van der Waals surface area (Å²) in [7, 11) is 0.